The number of hydrogen-bond donors (Lipinski definition) is 2. The topological polar surface area (TPSA) is 61.4 Å². The van der Waals surface area contributed by atoms with Crippen molar-refractivity contribution >= 4 is 11.8 Å². The zero-order chi connectivity index (χ0) is 14.1. The molecule has 0 aliphatic carbocycles. The van der Waals surface area contributed by atoms with E-state index < -0.39 is 0 Å². The highest BCUT2D eigenvalue weighted by atomic mass is 16.2. The van der Waals surface area contributed by atoms with E-state index >= 15 is 0 Å². The van der Waals surface area contributed by atoms with Crippen LogP contribution in [0.25, 0.3) is 0 Å². The molecule has 19 heavy (non-hydrogen) atoms. The molecule has 0 unspecified atom stereocenters. The summed E-state index contributed by atoms with van der Waals surface area (Å²) in [6, 6.07) is 9.75. The maximum Gasteiger partial charge on any atom is 0.242 e. The molecule has 0 atom stereocenters. The van der Waals surface area contributed by atoms with Gasteiger partial charge in [0, 0.05) is 26.6 Å². The van der Waals surface area contributed by atoms with Crippen molar-refractivity contribution in [1.82, 2.24) is 15.5 Å². The van der Waals surface area contributed by atoms with Crippen LogP contribution < -0.4 is 10.6 Å². The van der Waals surface area contributed by atoms with Gasteiger partial charge in [-0.15, -0.1) is 0 Å². The first-order chi connectivity index (χ1) is 9.13. The maximum atomic E-state index is 11.8. The molecule has 1 rings (SSSR count). The second-order valence-electron chi connectivity index (χ2n) is 4.37. The van der Waals surface area contributed by atoms with Crippen LogP contribution in [0.5, 0.6) is 0 Å². The molecule has 0 aromatic heterocycles. The third kappa shape index (κ3) is 6.01. The summed E-state index contributed by atoms with van der Waals surface area (Å²) in [7, 11) is 3.52. The fourth-order valence-electron chi connectivity index (χ4n) is 1.58. The van der Waals surface area contributed by atoms with Gasteiger partial charge in [-0.2, -0.15) is 0 Å². The summed E-state index contributed by atoms with van der Waals surface area (Å²) in [4.78, 5) is 24.8. The van der Waals surface area contributed by atoms with Gasteiger partial charge < -0.3 is 15.5 Å². The number of nitrogens with zero attached hydrogens (tertiary/aromatic N) is 1. The average Bonchev–Trinajstić information content (AvgIpc) is 2.43. The van der Waals surface area contributed by atoms with Crippen LogP contribution in [0, 0.1) is 0 Å². The fourth-order valence-corrected chi connectivity index (χ4v) is 1.58. The van der Waals surface area contributed by atoms with Crippen LogP contribution in [0.3, 0.4) is 0 Å². The molecule has 0 aliphatic rings. The Hall–Kier alpha value is -1.88. The Morgan fingerprint density at radius 1 is 1.21 bits per heavy atom. The molecule has 5 nitrogen and oxygen atoms in total. The van der Waals surface area contributed by atoms with Gasteiger partial charge in [0.2, 0.25) is 11.8 Å². The highest BCUT2D eigenvalue weighted by Gasteiger charge is 2.10. The van der Waals surface area contributed by atoms with E-state index in [9.17, 15) is 9.59 Å². The lowest BCUT2D eigenvalue weighted by Gasteiger charge is -2.17. The van der Waals surface area contributed by atoms with Crippen molar-refractivity contribution in [2.24, 2.45) is 0 Å². The minimum Gasteiger partial charge on any atom is -0.347 e. The molecule has 104 valence electrons. The van der Waals surface area contributed by atoms with Crippen molar-refractivity contribution in [1.29, 1.82) is 0 Å². The summed E-state index contributed by atoms with van der Waals surface area (Å²) >= 11 is 0. The van der Waals surface area contributed by atoms with E-state index in [1.54, 1.807) is 19.0 Å². The summed E-state index contributed by atoms with van der Waals surface area (Å²) in [5, 5.41) is 5.50. The Bertz CT molecular complexity index is 406. The van der Waals surface area contributed by atoms with Crippen LogP contribution in [0.1, 0.15) is 12.0 Å². The van der Waals surface area contributed by atoms with Crippen molar-refractivity contribution in [3.8, 4) is 0 Å². The molecule has 0 spiro atoms. The summed E-state index contributed by atoms with van der Waals surface area (Å²) in [5.41, 5.74) is 1.07. The molecule has 0 heterocycles. The van der Waals surface area contributed by atoms with Crippen molar-refractivity contribution in [3.05, 3.63) is 35.9 Å². The SMILES string of the molecule is CNCCC(=O)NCC(=O)N(C)Cc1ccccc1. The Balaban J connectivity index is 2.31. The number of likely N-dealkylation sites (N-methyl/N-ethyl adjacent to an activating group) is 1. The highest BCUT2D eigenvalue weighted by Crippen LogP contribution is 2.02. The molecule has 0 bridgehead atoms. The number of hydrogen-bond acceptors (Lipinski definition) is 3. The summed E-state index contributed by atoms with van der Waals surface area (Å²) in [5.74, 6) is -0.211. The van der Waals surface area contributed by atoms with Gasteiger partial charge in [0.15, 0.2) is 0 Å². The molecule has 0 aliphatic heterocycles. The van der Waals surface area contributed by atoms with Gasteiger partial charge >= 0.3 is 0 Å². The smallest absolute Gasteiger partial charge is 0.242 e. The first-order valence-electron chi connectivity index (χ1n) is 6.32. The monoisotopic (exact) mass is 263 g/mol. The summed E-state index contributed by atoms with van der Waals surface area (Å²) < 4.78 is 0. The zero-order valence-electron chi connectivity index (χ0n) is 11.5. The van der Waals surface area contributed by atoms with E-state index in [1.165, 1.54) is 0 Å². The zero-order valence-corrected chi connectivity index (χ0v) is 11.5. The van der Waals surface area contributed by atoms with Gasteiger partial charge in [-0.25, -0.2) is 0 Å². The van der Waals surface area contributed by atoms with E-state index in [0.29, 0.717) is 19.5 Å². The van der Waals surface area contributed by atoms with Gasteiger partial charge in [-0.05, 0) is 12.6 Å². The highest BCUT2D eigenvalue weighted by molar-refractivity contribution is 5.84. The lowest BCUT2D eigenvalue weighted by Crippen LogP contribution is -2.38. The number of amides is 2. The van der Waals surface area contributed by atoms with Crippen LogP contribution in [-0.2, 0) is 16.1 Å². The number of nitrogens with one attached hydrogen (secondary N) is 2. The van der Waals surface area contributed by atoms with E-state index in [0.717, 1.165) is 5.56 Å². The van der Waals surface area contributed by atoms with Gasteiger partial charge in [0.05, 0.1) is 6.54 Å². The van der Waals surface area contributed by atoms with Gasteiger partial charge in [0.1, 0.15) is 0 Å². The first-order valence-corrected chi connectivity index (χ1v) is 6.32. The molecule has 2 N–H and O–H groups in total. The van der Waals surface area contributed by atoms with Gasteiger partial charge in [-0.1, -0.05) is 30.3 Å². The Morgan fingerprint density at radius 2 is 1.89 bits per heavy atom. The largest absolute Gasteiger partial charge is 0.347 e. The van der Waals surface area contributed by atoms with Crippen LogP contribution in [0.15, 0.2) is 30.3 Å². The maximum absolute atomic E-state index is 11.8. The van der Waals surface area contributed by atoms with E-state index in [1.807, 2.05) is 30.3 Å². The standard InChI is InChI=1S/C14H21N3O2/c1-15-9-8-13(18)16-10-14(19)17(2)11-12-6-4-3-5-7-12/h3-7,15H,8-11H2,1-2H3,(H,16,18). The lowest BCUT2D eigenvalue weighted by molar-refractivity contribution is -0.132. The molecule has 1 aromatic rings. The van der Waals surface area contributed by atoms with Crippen molar-refractivity contribution in [2.45, 2.75) is 13.0 Å². The molecule has 0 saturated heterocycles. The summed E-state index contributed by atoms with van der Waals surface area (Å²) in [6.45, 7) is 1.21. The fraction of sp³-hybridized carbons (Fsp3) is 0.429. The minimum atomic E-state index is -0.115. The number of carbonyl (C=O) groups excluding carboxylic acids is 2. The average molecular weight is 263 g/mol. The van der Waals surface area contributed by atoms with Crippen LogP contribution in [-0.4, -0.2) is 43.9 Å². The van der Waals surface area contributed by atoms with Crippen molar-refractivity contribution in [3.63, 3.8) is 0 Å². The van der Waals surface area contributed by atoms with Crippen molar-refractivity contribution < 1.29 is 9.59 Å². The number of rotatable bonds is 7. The normalized spacial score (nSPS) is 10.0. The van der Waals surface area contributed by atoms with Crippen molar-refractivity contribution in [2.75, 3.05) is 27.2 Å². The van der Waals surface area contributed by atoms with Gasteiger partial charge in [0.25, 0.3) is 0 Å². The number of benzene rings is 1. The van der Waals surface area contributed by atoms with Crippen LogP contribution >= 0.6 is 0 Å². The Labute approximate surface area is 114 Å². The van der Waals surface area contributed by atoms with Gasteiger partial charge in [-0.3, -0.25) is 9.59 Å². The predicted octanol–water partition coefficient (Wildman–Crippen LogP) is 0.371. The first kappa shape index (κ1) is 15.2. The molecule has 0 radical (unpaired) electrons. The van der Waals surface area contributed by atoms with E-state index in [2.05, 4.69) is 10.6 Å². The molecule has 0 saturated carbocycles. The molecule has 1 aromatic carbocycles. The lowest BCUT2D eigenvalue weighted by atomic mass is 10.2. The predicted molar refractivity (Wildman–Crippen MR) is 74.5 cm³/mol. The van der Waals surface area contributed by atoms with E-state index in [-0.39, 0.29) is 18.4 Å². The second kappa shape index (κ2) is 8.26. The third-order valence-electron chi connectivity index (χ3n) is 2.73. The van der Waals surface area contributed by atoms with Crippen LogP contribution in [0.2, 0.25) is 0 Å². The van der Waals surface area contributed by atoms with Crippen LogP contribution in [0.4, 0.5) is 0 Å². The number of carbonyl (C=O) groups is 2. The molecular formula is C14H21N3O2. The summed E-state index contributed by atoms with van der Waals surface area (Å²) in [6.07, 6.45) is 0.381. The minimum absolute atomic E-state index is 0.0475. The Morgan fingerprint density at radius 3 is 2.53 bits per heavy atom. The molecule has 0 fully saturated rings. The molecule has 2 amide bonds. The quantitative estimate of drug-likeness (QED) is 0.747. The Kier molecular flexibility index (Phi) is 6.60. The second-order valence-corrected chi connectivity index (χ2v) is 4.37. The van der Waals surface area contributed by atoms with E-state index in [4.69, 9.17) is 0 Å². The third-order valence-corrected chi connectivity index (χ3v) is 2.73. The molecular weight excluding hydrogens is 242 g/mol. The molecule has 5 heteroatoms.